The molecule has 0 spiro atoms. The van der Waals surface area contributed by atoms with E-state index in [4.69, 9.17) is 15.2 Å². The Labute approximate surface area is 131 Å². The summed E-state index contributed by atoms with van der Waals surface area (Å²) in [5.74, 6) is -0.623. The van der Waals surface area contributed by atoms with Crippen LogP contribution in [0.25, 0.3) is 0 Å². The number of esters is 1. The van der Waals surface area contributed by atoms with Crippen molar-refractivity contribution in [3.63, 3.8) is 0 Å². The zero-order chi connectivity index (χ0) is 17.0. The number of rotatable bonds is 4. The molecule has 6 heteroatoms. The number of methoxy groups -OCH3 is 1. The van der Waals surface area contributed by atoms with Gasteiger partial charge in [0.25, 0.3) is 0 Å². The third-order valence-electron chi connectivity index (χ3n) is 3.21. The lowest BCUT2D eigenvalue weighted by Crippen LogP contribution is -2.59. The van der Waals surface area contributed by atoms with Crippen LogP contribution in [-0.2, 0) is 19.8 Å². The molecule has 0 radical (unpaired) electrons. The molecular weight excluding hydrogens is 284 g/mol. The maximum atomic E-state index is 12.1. The van der Waals surface area contributed by atoms with Crippen molar-refractivity contribution in [3.05, 3.63) is 35.9 Å². The van der Waals surface area contributed by atoms with Crippen molar-refractivity contribution in [2.45, 2.75) is 44.9 Å². The first-order valence-electron chi connectivity index (χ1n) is 7.00. The Morgan fingerprint density at radius 2 is 1.68 bits per heavy atom. The van der Waals surface area contributed by atoms with Crippen molar-refractivity contribution in [2.75, 3.05) is 7.11 Å². The van der Waals surface area contributed by atoms with E-state index in [1.54, 1.807) is 52.0 Å². The molecule has 0 aliphatic carbocycles. The van der Waals surface area contributed by atoms with Crippen LogP contribution in [0.5, 0.6) is 0 Å². The highest BCUT2D eigenvalue weighted by Gasteiger charge is 2.41. The van der Waals surface area contributed by atoms with Crippen molar-refractivity contribution in [3.8, 4) is 0 Å². The molecule has 6 nitrogen and oxygen atoms in total. The van der Waals surface area contributed by atoms with Crippen molar-refractivity contribution in [1.82, 2.24) is 5.32 Å². The number of hydrogen-bond acceptors (Lipinski definition) is 5. The third-order valence-corrected chi connectivity index (χ3v) is 3.21. The van der Waals surface area contributed by atoms with Crippen LogP contribution < -0.4 is 11.1 Å². The van der Waals surface area contributed by atoms with Crippen molar-refractivity contribution < 1.29 is 19.1 Å². The van der Waals surface area contributed by atoms with Crippen LogP contribution in [0, 0.1) is 0 Å². The predicted molar refractivity (Wildman–Crippen MR) is 83.2 cm³/mol. The molecule has 1 amide bonds. The third kappa shape index (κ3) is 4.46. The van der Waals surface area contributed by atoms with Crippen LogP contribution in [0.15, 0.2) is 30.3 Å². The number of carbonyl (C=O) groups is 2. The molecule has 3 N–H and O–H groups in total. The van der Waals surface area contributed by atoms with Gasteiger partial charge in [-0.1, -0.05) is 30.3 Å². The zero-order valence-electron chi connectivity index (χ0n) is 13.7. The number of alkyl carbamates (subject to hydrolysis) is 1. The molecule has 0 aliphatic rings. The highest BCUT2D eigenvalue weighted by molar-refractivity contribution is 5.79. The Hall–Kier alpha value is -2.08. The summed E-state index contributed by atoms with van der Waals surface area (Å²) in [5.41, 5.74) is 4.87. The zero-order valence-corrected chi connectivity index (χ0v) is 13.7. The number of amides is 1. The molecular formula is C16H24N2O4. The largest absolute Gasteiger partial charge is 0.468 e. The Bertz CT molecular complexity index is 525. The molecule has 0 saturated carbocycles. The average Bonchev–Trinajstić information content (AvgIpc) is 2.44. The topological polar surface area (TPSA) is 90.6 Å². The van der Waals surface area contributed by atoms with Gasteiger partial charge in [-0.3, -0.25) is 4.79 Å². The second kappa shape index (κ2) is 6.79. The molecule has 0 aliphatic heterocycles. The molecule has 0 aromatic heterocycles. The van der Waals surface area contributed by atoms with Gasteiger partial charge in [-0.05, 0) is 33.3 Å². The lowest BCUT2D eigenvalue weighted by atomic mass is 9.85. The summed E-state index contributed by atoms with van der Waals surface area (Å²) in [5, 5.41) is 2.69. The van der Waals surface area contributed by atoms with Crippen LogP contribution in [0.4, 0.5) is 4.79 Å². The minimum Gasteiger partial charge on any atom is -0.468 e. The normalized spacial score (nSPS) is 15.4. The molecule has 0 heterocycles. The van der Waals surface area contributed by atoms with Gasteiger partial charge in [0.2, 0.25) is 0 Å². The fourth-order valence-electron chi connectivity index (χ4n) is 1.99. The first-order valence-corrected chi connectivity index (χ1v) is 7.00. The second-order valence-electron chi connectivity index (χ2n) is 6.20. The van der Waals surface area contributed by atoms with Crippen molar-refractivity contribution >= 4 is 12.1 Å². The predicted octanol–water partition coefficient (Wildman–Crippen LogP) is 1.93. The van der Waals surface area contributed by atoms with Gasteiger partial charge in [-0.2, -0.15) is 0 Å². The fraction of sp³-hybridized carbons (Fsp3) is 0.500. The number of benzene rings is 1. The molecule has 1 aromatic carbocycles. The molecule has 1 rings (SSSR count). The molecule has 0 bridgehead atoms. The monoisotopic (exact) mass is 308 g/mol. The minimum absolute atomic E-state index is 0.623. The molecule has 1 aromatic rings. The van der Waals surface area contributed by atoms with Gasteiger partial charge in [0.05, 0.1) is 12.6 Å². The lowest BCUT2D eigenvalue weighted by Gasteiger charge is -2.35. The summed E-state index contributed by atoms with van der Waals surface area (Å²) in [6, 6.07) is 7.91. The smallest absolute Gasteiger partial charge is 0.408 e. The van der Waals surface area contributed by atoms with E-state index in [2.05, 4.69) is 5.32 Å². The molecule has 2 atom stereocenters. The highest BCUT2D eigenvalue weighted by Crippen LogP contribution is 2.25. The van der Waals surface area contributed by atoms with Gasteiger partial charge >= 0.3 is 12.1 Å². The summed E-state index contributed by atoms with van der Waals surface area (Å²) < 4.78 is 9.97. The van der Waals surface area contributed by atoms with Gasteiger partial charge in [0, 0.05) is 0 Å². The SMILES string of the molecule is COC(=O)[C@@H](N)[C@](C)(NC(=O)OC(C)(C)C)c1ccccc1. The van der Waals surface area contributed by atoms with Gasteiger partial charge in [0.1, 0.15) is 11.6 Å². The fourth-order valence-corrected chi connectivity index (χ4v) is 1.99. The first-order chi connectivity index (χ1) is 10.1. The Balaban J connectivity index is 3.12. The molecule has 0 fully saturated rings. The average molecular weight is 308 g/mol. The van der Waals surface area contributed by atoms with Gasteiger partial charge in [0.15, 0.2) is 0 Å². The maximum Gasteiger partial charge on any atom is 0.408 e. The highest BCUT2D eigenvalue weighted by atomic mass is 16.6. The Morgan fingerprint density at radius 1 is 1.14 bits per heavy atom. The first kappa shape index (κ1) is 18.0. The number of nitrogens with two attached hydrogens (primary N) is 1. The molecule has 22 heavy (non-hydrogen) atoms. The maximum absolute atomic E-state index is 12.1. The van der Waals surface area contributed by atoms with E-state index in [1.165, 1.54) is 7.11 Å². The van der Waals surface area contributed by atoms with Crippen molar-refractivity contribution in [2.24, 2.45) is 5.73 Å². The molecule has 122 valence electrons. The van der Waals surface area contributed by atoms with Crippen LogP contribution in [-0.4, -0.2) is 30.8 Å². The standard InChI is InChI=1S/C16H24N2O4/c1-15(2,3)22-14(20)18-16(4,12(17)13(19)21-5)11-9-7-6-8-10-11/h6-10,12H,17H2,1-5H3,(H,18,20)/t12-,16-/m1/s1. The molecule has 0 saturated heterocycles. The minimum atomic E-state index is -1.16. The quantitative estimate of drug-likeness (QED) is 0.829. The Morgan fingerprint density at radius 3 is 2.14 bits per heavy atom. The van der Waals surface area contributed by atoms with Crippen LogP contribution >= 0.6 is 0 Å². The van der Waals surface area contributed by atoms with Gasteiger partial charge in [-0.15, -0.1) is 0 Å². The lowest BCUT2D eigenvalue weighted by molar-refractivity contribution is -0.144. The summed E-state index contributed by atoms with van der Waals surface area (Å²) in [7, 11) is 1.25. The van der Waals surface area contributed by atoms with Gasteiger partial charge in [-0.25, -0.2) is 4.79 Å². The summed E-state index contributed by atoms with van der Waals surface area (Å²) in [4.78, 5) is 24.0. The number of ether oxygens (including phenoxy) is 2. The summed E-state index contributed by atoms with van der Waals surface area (Å²) in [6.45, 7) is 6.93. The van der Waals surface area contributed by atoms with E-state index in [0.717, 1.165) is 0 Å². The Kier molecular flexibility index (Phi) is 5.54. The van der Waals surface area contributed by atoms with Crippen LogP contribution in [0.3, 0.4) is 0 Å². The summed E-state index contributed by atoms with van der Waals surface area (Å²) in [6.07, 6.45) is -0.654. The molecule has 0 unspecified atom stereocenters. The summed E-state index contributed by atoms with van der Waals surface area (Å²) >= 11 is 0. The van der Waals surface area contributed by atoms with Gasteiger partial charge < -0.3 is 20.5 Å². The van der Waals surface area contributed by atoms with E-state index < -0.39 is 29.2 Å². The van der Waals surface area contributed by atoms with E-state index >= 15 is 0 Å². The van der Waals surface area contributed by atoms with E-state index in [9.17, 15) is 9.59 Å². The number of carbonyl (C=O) groups excluding carboxylic acids is 2. The number of hydrogen-bond donors (Lipinski definition) is 2. The van der Waals surface area contributed by atoms with Crippen LogP contribution in [0.2, 0.25) is 0 Å². The number of nitrogens with one attached hydrogen (secondary N) is 1. The second-order valence-corrected chi connectivity index (χ2v) is 6.20. The van der Waals surface area contributed by atoms with Crippen molar-refractivity contribution in [1.29, 1.82) is 0 Å². The van der Waals surface area contributed by atoms with E-state index in [1.807, 2.05) is 6.07 Å². The van der Waals surface area contributed by atoms with E-state index in [-0.39, 0.29) is 0 Å². The van der Waals surface area contributed by atoms with Crippen LogP contribution in [0.1, 0.15) is 33.3 Å². The van der Waals surface area contributed by atoms with E-state index in [0.29, 0.717) is 5.56 Å².